The topological polar surface area (TPSA) is 80.0 Å². The van der Waals surface area contributed by atoms with Gasteiger partial charge in [-0.3, -0.25) is 4.79 Å². The molecule has 0 spiro atoms. The van der Waals surface area contributed by atoms with Gasteiger partial charge in [-0.2, -0.15) is 5.10 Å². The summed E-state index contributed by atoms with van der Waals surface area (Å²) in [6.07, 6.45) is 6.54. The second-order valence-corrected chi connectivity index (χ2v) is 5.40. The molecule has 0 amide bonds. The number of hydrogen-bond acceptors (Lipinski definition) is 4. The van der Waals surface area contributed by atoms with E-state index in [2.05, 4.69) is 15.4 Å². The molecule has 110 valence electrons. The molecule has 0 aliphatic heterocycles. The van der Waals surface area contributed by atoms with Gasteiger partial charge in [0, 0.05) is 6.04 Å². The van der Waals surface area contributed by atoms with Crippen LogP contribution in [0.5, 0.6) is 0 Å². The zero-order chi connectivity index (χ0) is 14.7. The van der Waals surface area contributed by atoms with Crippen LogP contribution < -0.4 is 5.32 Å². The number of hydrogen-bond donors (Lipinski definition) is 2. The third-order valence-electron chi connectivity index (χ3n) is 3.95. The first-order valence-electron chi connectivity index (χ1n) is 7.17. The number of anilines is 1. The van der Waals surface area contributed by atoms with E-state index in [1.807, 2.05) is 24.3 Å². The zero-order valence-electron chi connectivity index (χ0n) is 11.6. The largest absolute Gasteiger partial charge is 0.481 e. The Morgan fingerprint density at radius 2 is 2.19 bits per heavy atom. The Morgan fingerprint density at radius 3 is 2.95 bits per heavy atom. The van der Waals surface area contributed by atoms with Crippen molar-refractivity contribution >= 4 is 11.7 Å². The number of para-hydroxylation sites is 2. The fraction of sp³-hybridized carbons (Fsp3) is 0.400. The lowest BCUT2D eigenvalue weighted by atomic mass is 9.85. The second-order valence-electron chi connectivity index (χ2n) is 5.40. The van der Waals surface area contributed by atoms with Crippen molar-refractivity contribution in [2.45, 2.75) is 31.7 Å². The third-order valence-corrected chi connectivity index (χ3v) is 3.95. The maximum absolute atomic E-state index is 11.2. The highest BCUT2D eigenvalue weighted by Crippen LogP contribution is 2.28. The van der Waals surface area contributed by atoms with E-state index in [4.69, 9.17) is 0 Å². The highest BCUT2D eigenvalue weighted by molar-refractivity contribution is 5.70. The standard InChI is InChI=1S/C15H18N4O2/c20-15(21)11-4-3-5-12(8-11)18-13-6-1-2-7-14(13)19-10-16-9-17-19/h1-2,6-7,9-12,18H,3-5,8H2,(H,20,21). The van der Waals surface area contributed by atoms with Crippen LogP contribution in [-0.4, -0.2) is 31.9 Å². The maximum atomic E-state index is 11.2. The summed E-state index contributed by atoms with van der Waals surface area (Å²) in [4.78, 5) is 15.1. The van der Waals surface area contributed by atoms with Crippen LogP contribution in [0.3, 0.4) is 0 Å². The fourth-order valence-corrected chi connectivity index (χ4v) is 2.89. The van der Waals surface area contributed by atoms with Crippen molar-refractivity contribution < 1.29 is 9.90 Å². The maximum Gasteiger partial charge on any atom is 0.306 e. The summed E-state index contributed by atoms with van der Waals surface area (Å²) in [5.74, 6) is -0.930. The molecule has 1 saturated carbocycles. The van der Waals surface area contributed by atoms with Crippen molar-refractivity contribution in [3.8, 4) is 5.69 Å². The first kappa shape index (κ1) is 13.6. The van der Waals surface area contributed by atoms with Crippen LogP contribution in [0.25, 0.3) is 5.69 Å². The zero-order valence-corrected chi connectivity index (χ0v) is 11.6. The minimum absolute atomic E-state index is 0.185. The summed E-state index contributed by atoms with van der Waals surface area (Å²) in [7, 11) is 0. The molecule has 21 heavy (non-hydrogen) atoms. The van der Waals surface area contributed by atoms with Gasteiger partial charge in [-0.05, 0) is 31.4 Å². The number of nitrogens with zero attached hydrogens (tertiary/aromatic N) is 3. The number of carbonyl (C=O) groups is 1. The number of benzene rings is 1. The van der Waals surface area contributed by atoms with Crippen LogP contribution in [-0.2, 0) is 4.79 Å². The molecule has 1 aromatic heterocycles. The van der Waals surface area contributed by atoms with E-state index < -0.39 is 5.97 Å². The smallest absolute Gasteiger partial charge is 0.306 e. The molecule has 1 aromatic carbocycles. The minimum Gasteiger partial charge on any atom is -0.481 e. The molecule has 2 N–H and O–H groups in total. The number of aromatic nitrogens is 3. The molecule has 1 aliphatic carbocycles. The van der Waals surface area contributed by atoms with E-state index in [1.165, 1.54) is 6.33 Å². The lowest BCUT2D eigenvalue weighted by Crippen LogP contribution is -2.31. The molecule has 0 radical (unpaired) electrons. The summed E-state index contributed by atoms with van der Waals surface area (Å²) in [5.41, 5.74) is 1.88. The Morgan fingerprint density at radius 1 is 1.33 bits per heavy atom. The Balaban J connectivity index is 1.77. The summed E-state index contributed by atoms with van der Waals surface area (Å²) in [6, 6.07) is 8.05. The average Bonchev–Trinajstić information content (AvgIpc) is 3.02. The molecular weight excluding hydrogens is 268 g/mol. The summed E-state index contributed by atoms with van der Waals surface area (Å²) >= 11 is 0. The molecule has 6 nitrogen and oxygen atoms in total. The van der Waals surface area contributed by atoms with Gasteiger partial charge in [0.2, 0.25) is 0 Å². The monoisotopic (exact) mass is 286 g/mol. The lowest BCUT2D eigenvalue weighted by Gasteiger charge is -2.28. The number of carboxylic acids is 1. The van der Waals surface area contributed by atoms with E-state index >= 15 is 0 Å². The Labute approximate surface area is 122 Å². The van der Waals surface area contributed by atoms with E-state index in [0.29, 0.717) is 6.42 Å². The lowest BCUT2D eigenvalue weighted by molar-refractivity contribution is -0.142. The molecule has 0 saturated heterocycles. The minimum atomic E-state index is -0.689. The van der Waals surface area contributed by atoms with Gasteiger partial charge in [-0.15, -0.1) is 0 Å². The van der Waals surface area contributed by atoms with Crippen LogP contribution in [0.4, 0.5) is 5.69 Å². The average molecular weight is 286 g/mol. The number of rotatable bonds is 4. The van der Waals surface area contributed by atoms with Crippen LogP contribution in [0, 0.1) is 5.92 Å². The summed E-state index contributed by atoms with van der Waals surface area (Å²) < 4.78 is 1.71. The Hall–Kier alpha value is -2.37. The van der Waals surface area contributed by atoms with Crippen LogP contribution in [0.15, 0.2) is 36.9 Å². The number of carboxylic acid groups (broad SMARTS) is 1. The predicted octanol–water partition coefficient (Wildman–Crippen LogP) is 2.32. The second kappa shape index (κ2) is 5.95. The molecular formula is C15H18N4O2. The van der Waals surface area contributed by atoms with Crippen molar-refractivity contribution in [3.05, 3.63) is 36.9 Å². The quantitative estimate of drug-likeness (QED) is 0.901. The van der Waals surface area contributed by atoms with E-state index in [0.717, 1.165) is 30.6 Å². The predicted molar refractivity (Wildman–Crippen MR) is 78.4 cm³/mol. The van der Waals surface area contributed by atoms with Gasteiger partial charge in [-0.25, -0.2) is 9.67 Å². The fourth-order valence-electron chi connectivity index (χ4n) is 2.89. The van der Waals surface area contributed by atoms with Crippen LogP contribution >= 0.6 is 0 Å². The summed E-state index contributed by atoms with van der Waals surface area (Å²) in [5, 5.41) is 16.8. The summed E-state index contributed by atoms with van der Waals surface area (Å²) in [6.45, 7) is 0. The van der Waals surface area contributed by atoms with Crippen LogP contribution in [0.1, 0.15) is 25.7 Å². The molecule has 1 aliphatic rings. The van der Waals surface area contributed by atoms with Gasteiger partial charge in [0.1, 0.15) is 12.7 Å². The van der Waals surface area contributed by atoms with Gasteiger partial charge in [0.15, 0.2) is 0 Å². The van der Waals surface area contributed by atoms with Crippen molar-refractivity contribution in [1.29, 1.82) is 0 Å². The van der Waals surface area contributed by atoms with Crippen molar-refractivity contribution in [2.75, 3.05) is 5.32 Å². The van der Waals surface area contributed by atoms with Gasteiger partial charge < -0.3 is 10.4 Å². The molecule has 2 unspecified atom stereocenters. The SMILES string of the molecule is O=C(O)C1CCCC(Nc2ccccc2-n2cncn2)C1. The van der Waals surface area contributed by atoms with Crippen molar-refractivity contribution in [3.63, 3.8) is 0 Å². The van der Waals surface area contributed by atoms with Gasteiger partial charge in [-0.1, -0.05) is 18.6 Å². The molecule has 2 atom stereocenters. The molecule has 2 aromatic rings. The molecule has 0 bridgehead atoms. The first-order chi connectivity index (χ1) is 10.2. The van der Waals surface area contributed by atoms with E-state index in [9.17, 15) is 9.90 Å². The molecule has 3 rings (SSSR count). The van der Waals surface area contributed by atoms with Gasteiger partial charge >= 0.3 is 5.97 Å². The number of aliphatic carboxylic acids is 1. The first-order valence-corrected chi connectivity index (χ1v) is 7.17. The highest BCUT2D eigenvalue weighted by Gasteiger charge is 2.27. The number of nitrogens with one attached hydrogen (secondary N) is 1. The van der Waals surface area contributed by atoms with Crippen molar-refractivity contribution in [1.82, 2.24) is 14.8 Å². The normalized spacial score (nSPS) is 21.9. The molecule has 1 heterocycles. The molecule has 1 fully saturated rings. The van der Waals surface area contributed by atoms with E-state index in [1.54, 1.807) is 11.0 Å². The third kappa shape index (κ3) is 3.04. The highest BCUT2D eigenvalue weighted by atomic mass is 16.4. The van der Waals surface area contributed by atoms with Crippen molar-refractivity contribution in [2.24, 2.45) is 5.92 Å². The van der Waals surface area contributed by atoms with E-state index in [-0.39, 0.29) is 12.0 Å². The van der Waals surface area contributed by atoms with Crippen LogP contribution in [0.2, 0.25) is 0 Å². The Bertz CT molecular complexity index is 612. The van der Waals surface area contributed by atoms with Gasteiger partial charge in [0.05, 0.1) is 17.3 Å². The van der Waals surface area contributed by atoms with Gasteiger partial charge in [0.25, 0.3) is 0 Å². The molecule has 6 heteroatoms. The Kier molecular flexibility index (Phi) is 3.85.